The van der Waals surface area contributed by atoms with Crippen LogP contribution in [-0.2, 0) is 0 Å². The van der Waals surface area contributed by atoms with Crippen LogP contribution in [0.3, 0.4) is 0 Å². The molecule has 0 aliphatic heterocycles. The Kier molecular flexibility index (Phi) is 3.91. The predicted molar refractivity (Wildman–Crippen MR) is 81.9 cm³/mol. The fraction of sp³-hybridized carbons (Fsp3) is 0.125. The molecule has 0 saturated heterocycles. The monoisotopic (exact) mass is 293 g/mol. The molecule has 2 heterocycles. The molecule has 0 bridgehead atoms. The van der Waals surface area contributed by atoms with Gasteiger partial charge in [-0.1, -0.05) is 24.3 Å². The molecule has 6 heteroatoms. The van der Waals surface area contributed by atoms with Gasteiger partial charge in [0, 0.05) is 24.2 Å². The van der Waals surface area contributed by atoms with E-state index in [0.29, 0.717) is 5.69 Å². The van der Waals surface area contributed by atoms with Gasteiger partial charge in [-0.05, 0) is 24.1 Å². The van der Waals surface area contributed by atoms with E-state index in [-0.39, 0.29) is 11.9 Å². The summed E-state index contributed by atoms with van der Waals surface area (Å²) in [7, 11) is 0. The number of aromatic amines is 1. The Labute approximate surface area is 127 Å². The van der Waals surface area contributed by atoms with Crippen LogP contribution in [0.2, 0.25) is 0 Å². The number of hydrogen-bond donors (Lipinski definition) is 2. The maximum atomic E-state index is 12.0. The highest BCUT2D eigenvalue weighted by Gasteiger charge is 2.12. The molecular weight excluding hydrogens is 278 g/mol. The lowest BCUT2D eigenvalue weighted by Gasteiger charge is -2.14. The number of nitrogens with one attached hydrogen (secondary N) is 2. The molecular formula is C16H15N5O. The molecule has 110 valence electrons. The van der Waals surface area contributed by atoms with Crippen LogP contribution in [0.15, 0.2) is 55.2 Å². The Hall–Kier alpha value is -3.02. The first-order valence-corrected chi connectivity index (χ1v) is 6.89. The van der Waals surface area contributed by atoms with Gasteiger partial charge in [-0.25, -0.2) is 9.97 Å². The van der Waals surface area contributed by atoms with E-state index < -0.39 is 0 Å². The van der Waals surface area contributed by atoms with Gasteiger partial charge in [0.05, 0.1) is 6.04 Å². The molecule has 2 aromatic heterocycles. The molecule has 0 spiro atoms. The fourth-order valence-corrected chi connectivity index (χ4v) is 2.15. The molecule has 6 nitrogen and oxygen atoms in total. The van der Waals surface area contributed by atoms with E-state index in [4.69, 9.17) is 0 Å². The third kappa shape index (κ3) is 3.01. The summed E-state index contributed by atoms with van der Waals surface area (Å²) in [5.41, 5.74) is 3.47. The summed E-state index contributed by atoms with van der Waals surface area (Å²) < 4.78 is 0. The molecule has 0 radical (unpaired) electrons. The maximum Gasteiger partial charge on any atom is 0.269 e. The van der Waals surface area contributed by atoms with Gasteiger partial charge in [0.15, 0.2) is 0 Å². The third-order valence-corrected chi connectivity index (χ3v) is 3.40. The molecule has 22 heavy (non-hydrogen) atoms. The maximum absolute atomic E-state index is 12.0. The normalized spacial score (nSPS) is 11.9. The quantitative estimate of drug-likeness (QED) is 0.773. The highest BCUT2D eigenvalue weighted by Crippen LogP contribution is 2.20. The minimum absolute atomic E-state index is 0.100. The minimum Gasteiger partial charge on any atom is -0.344 e. The first-order chi connectivity index (χ1) is 10.7. The molecule has 2 N–H and O–H groups in total. The van der Waals surface area contributed by atoms with E-state index in [1.54, 1.807) is 24.7 Å². The first kappa shape index (κ1) is 13.9. The van der Waals surface area contributed by atoms with Crippen molar-refractivity contribution in [3.63, 3.8) is 0 Å². The van der Waals surface area contributed by atoms with Crippen molar-refractivity contribution in [1.82, 2.24) is 25.5 Å². The van der Waals surface area contributed by atoms with Crippen LogP contribution in [0.4, 0.5) is 0 Å². The Bertz CT molecular complexity index is 738. The molecule has 0 unspecified atom stereocenters. The fourth-order valence-electron chi connectivity index (χ4n) is 2.15. The molecule has 0 aliphatic carbocycles. The van der Waals surface area contributed by atoms with Gasteiger partial charge in [0.2, 0.25) is 0 Å². The summed E-state index contributed by atoms with van der Waals surface area (Å²) in [6, 6.07) is 9.50. The number of aromatic nitrogens is 4. The van der Waals surface area contributed by atoms with Crippen LogP contribution >= 0.6 is 0 Å². The average molecular weight is 293 g/mol. The zero-order chi connectivity index (χ0) is 15.4. The lowest BCUT2D eigenvalue weighted by Crippen LogP contribution is -2.26. The number of benzene rings is 1. The summed E-state index contributed by atoms with van der Waals surface area (Å²) >= 11 is 0. The number of H-pyrrole nitrogens is 1. The van der Waals surface area contributed by atoms with Crippen LogP contribution in [0.1, 0.15) is 29.0 Å². The van der Waals surface area contributed by atoms with E-state index in [1.807, 2.05) is 31.2 Å². The van der Waals surface area contributed by atoms with Gasteiger partial charge in [0.25, 0.3) is 5.91 Å². The SMILES string of the molecule is C[C@@H](NC(=O)c1ccn[nH]1)c1ccc(-c2cncnc2)cc1. The topological polar surface area (TPSA) is 83.6 Å². The molecule has 1 atom stereocenters. The summed E-state index contributed by atoms with van der Waals surface area (Å²) in [4.78, 5) is 20.0. The van der Waals surface area contributed by atoms with Crippen molar-refractivity contribution in [2.75, 3.05) is 0 Å². The molecule has 0 fully saturated rings. The minimum atomic E-state index is -0.175. The lowest BCUT2D eigenvalue weighted by atomic mass is 10.0. The molecule has 3 aromatic rings. The van der Waals surface area contributed by atoms with Crippen molar-refractivity contribution in [2.24, 2.45) is 0 Å². The van der Waals surface area contributed by atoms with E-state index in [0.717, 1.165) is 16.7 Å². The van der Waals surface area contributed by atoms with Gasteiger partial charge in [-0.2, -0.15) is 5.10 Å². The van der Waals surface area contributed by atoms with Crippen LogP contribution in [0.25, 0.3) is 11.1 Å². The van der Waals surface area contributed by atoms with E-state index in [9.17, 15) is 4.79 Å². The number of carbonyl (C=O) groups excluding carboxylic acids is 1. The van der Waals surface area contributed by atoms with Gasteiger partial charge >= 0.3 is 0 Å². The second-order valence-corrected chi connectivity index (χ2v) is 4.91. The Morgan fingerprint density at radius 1 is 1.09 bits per heavy atom. The zero-order valence-electron chi connectivity index (χ0n) is 12.0. The van der Waals surface area contributed by atoms with Gasteiger partial charge in [-0.3, -0.25) is 9.89 Å². The number of nitrogens with zero attached hydrogens (tertiary/aromatic N) is 3. The molecule has 0 aliphatic rings. The van der Waals surface area contributed by atoms with Gasteiger partial charge in [0.1, 0.15) is 12.0 Å². The summed E-state index contributed by atoms with van der Waals surface area (Å²) in [6.07, 6.45) is 6.60. The second kappa shape index (κ2) is 6.17. The summed E-state index contributed by atoms with van der Waals surface area (Å²) in [5, 5.41) is 9.34. The number of carbonyl (C=O) groups is 1. The van der Waals surface area contributed by atoms with Crippen molar-refractivity contribution >= 4 is 5.91 Å². The lowest BCUT2D eigenvalue weighted by molar-refractivity contribution is 0.0935. The standard InChI is InChI=1S/C16H15N5O/c1-11(20-16(22)15-6-7-19-21-15)12-2-4-13(5-3-12)14-8-17-10-18-9-14/h2-11H,1H3,(H,19,21)(H,20,22)/t11-/m1/s1. The highest BCUT2D eigenvalue weighted by atomic mass is 16.2. The molecule has 1 amide bonds. The smallest absolute Gasteiger partial charge is 0.269 e. The van der Waals surface area contributed by atoms with Crippen molar-refractivity contribution in [3.05, 3.63) is 66.5 Å². The Morgan fingerprint density at radius 3 is 2.45 bits per heavy atom. The molecule has 0 saturated carbocycles. The Morgan fingerprint density at radius 2 is 1.82 bits per heavy atom. The second-order valence-electron chi connectivity index (χ2n) is 4.91. The van der Waals surface area contributed by atoms with E-state index in [1.165, 1.54) is 6.33 Å². The van der Waals surface area contributed by atoms with Crippen molar-refractivity contribution in [2.45, 2.75) is 13.0 Å². The van der Waals surface area contributed by atoms with Crippen molar-refractivity contribution in [3.8, 4) is 11.1 Å². The average Bonchev–Trinajstić information content (AvgIpc) is 3.10. The van der Waals surface area contributed by atoms with Crippen LogP contribution < -0.4 is 5.32 Å². The molecule has 3 rings (SSSR count). The van der Waals surface area contributed by atoms with Crippen LogP contribution in [0, 0.1) is 0 Å². The summed E-state index contributed by atoms with van der Waals surface area (Å²) in [6.45, 7) is 1.94. The number of hydrogen-bond acceptors (Lipinski definition) is 4. The Balaban J connectivity index is 1.71. The predicted octanol–water partition coefficient (Wildman–Crippen LogP) is 2.36. The third-order valence-electron chi connectivity index (χ3n) is 3.40. The van der Waals surface area contributed by atoms with Gasteiger partial charge in [-0.15, -0.1) is 0 Å². The van der Waals surface area contributed by atoms with E-state index in [2.05, 4.69) is 25.5 Å². The van der Waals surface area contributed by atoms with E-state index >= 15 is 0 Å². The zero-order valence-corrected chi connectivity index (χ0v) is 12.0. The largest absolute Gasteiger partial charge is 0.344 e. The first-order valence-electron chi connectivity index (χ1n) is 6.89. The number of amides is 1. The van der Waals surface area contributed by atoms with Gasteiger partial charge < -0.3 is 5.32 Å². The van der Waals surface area contributed by atoms with Crippen LogP contribution in [0.5, 0.6) is 0 Å². The number of rotatable bonds is 4. The summed E-state index contributed by atoms with van der Waals surface area (Å²) in [5.74, 6) is -0.175. The highest BCUT2D eigenvalue weighted by molar-refractivity contribution is 5.92. The van der Waals surface area contributed by atoms with Crippen molar-refractivity contribution < 1.29 is 4.79 Å². The molecule has 1 aromatic carbocycles. The van der Waals surface area contributed by atoms with Crippen LogP contribution in [-0.4, -0.2) is 26.1 Å². The van der Waals surface area contributed by atoms with Crippen molar-refractivity contribution in [1.29, 1.82) is 0 Å².